The lowest BCUT2D eigenvalue weighted by atomic mass is 10.0. The number of halogens is 2. The van der Waals surface area contributed by atoms with Crippen molar-refractivity contribution in [3.8, 4) is 22.6 Å². The molecule has 0 unspecified atom stereocenters. The molecule has 0 spiro atoms. The SMILES string of the molecule is COc1cc(OC)c(Cl)c(-c2cc3cnc(NCCC4COC4)nc3n(CCNC3CN(C(=O)C=C(C)C)C3)c2=O)c1Cl. The monoisotopic (exact) mass is 630 g/mol. The number of aromatic nitrogens is 3. The molecule has 1 amide bonds. The van der Waals surface area contributed by atoms with Gasteiger partial charge >= 0.3 is 0 Å². The van der Waals surface area contributed by atoms with Crippen molar-refractivity contribution in [3.05, 3.63) is 50.4 Å². The molecule has 2 aliphatic rings. The number of methoxy groups -OCH3 is 2. The first-order chi connectivity index (χ1) is 20.7. The Morgan fingerprint density at radius 3 is 2.42 bits per heavy atom. The fourth-order valence-electron chi connectivity index (χ4n) is 5.10. The van der Waals surface area contributed by atoms with E-state index in [0.29, 0.717) is 72.7 Å². The van der Waals surface area contributed by atoms with Gasteiger partial charge in [0, 0.05) is 74.0 Å². The largest absolute Gasteiger partial charge is 0.495 e. The van der Waals surface area contributed by atoms with Gasteiger partial charge in [-0.15, -0.1) is 0 Å². The number of nitrogens with zero attached hydrogens (tertiary/aromatic N) is 4. The predicted octanol–water partition coefficient (Wildman–Crippen LogP) is 4.00. The summed E-state index contributed by atoms with van der Waals surface area (Å²) in [5, 5.41) is 7.76. The lowest BCUT2D eigenvalue weighted by molar-refractivity contribution is -0.130. The number of allylic oxidation sites excluding steroid dienone is 1. The number of amides is 1. The van der Waals surface area contributed by atoms with Crippen molar-refractivity contribution in [1.82, 2.24) is 24.8 Å². The third kappa shape index (κ3) is 6.75. The number of ether oxygens (including phenoxy) is 3. The number of hydrogen-bond acceptors (Lipinski definition) is 9. The Morgan fingerprint density at radius 1 is 1.12 bits per heavy atom. The summed E-state index contributed by atoms with van der Waals surface area (Å²) in [5.41, 5.74) is 1.71. The summed E-state index contributed by atoms with van der Waals surface area (Å²) in [6.07, 6.45) is 4.27. The molecule has 2 saturated heterocycles. The Kier molecular flexibility index (Phi) is 9.75. The second-order valence-electron chi connectivity index (χ2n) is 11.0. The molecule has 2 N–H and O–H groups in total. The van der Waals surface area contributed by atoms with Gasteiger partial charge in [0.15, 0.2) is 0 Å². The van der Waals surface area contributed by atoms with Crippen LogP contribution in [0, 0.1) is 5.92 Å². The first-order valence-corrected chi connectivity index (χ1v) is 15.0. The van der Waals surface area contributed by atoms with Crippen LogP contribution in [0.5, 0.6) is 11.5 Å². The van der Waals surface area contributed by atoms with Gasteiger partial charge in [-0.05, 0) is 26.3 Å². The van der Waals surface area contributed by atoms with E-state index in [9.17, 15) is 9.59 Å². The van der Waals surface area contributed by atoms with Gasteiger partial charge in [-0.2, -0.15) is 4.98 Å². The van der Waals surface area contributed by atoms with E-state index in [2.05, 4.69) is 15.6 Å². The van der Waals surface area contributed by atoms with Crippen LogP contribution in [0.4, 0.5) is 5.95 Å². The summed E-state index contributed by atoms with van der Waals surface area (Å²) in [6, 6.07) is 3.41. The number of carbonyl (C=O) groups excluding carboxylic acids is 1. The van der Waals surface area contributed by atoms with Crippen LogP contribution in [0.3, 0.4) is 0 Å². The van der Waals surface area contributed by atoms with Crippen molar-refractivity contribution in [2.45, 2.75) is 32.9 Å². The van der Waals surface area contributed by atoms with Crippen LogP contribution >= 0.6 is 23.2 Å². The van der Waals surface area contributed by atoms with Gasteiger partial charge in [0.1, 0.15) is 17.1 Å². The summed E-state index contributed by atoms with van der Waals surface area (Å²) in [4.78, 5) is 37.4. The number of nitrogens with one attached hydrogen (secondary N) is 2. The molecule has 1 aromatic carbocycles. The van der Waals surface area contributed by atoms with Crippen molar-refractivity contribution in [3.63, 3.8) is 0 Å². The number of fused-ring (bicyclic) bond motifs is 1. The average molecular weight is 632 g/mol. The number of anilines is 1. The molecule has 230 valence electrons. The third-order valence-electron chi connectivity index (χ3n) is 7.59. The van der Waals surface area contributed by atoms with Gasteiger partial charge in [0.05, 0.1) is 43.0 Å². The average Bonchev–Trinajstić information content (AvgIpc) is 2.92. The molecule has 0 radical (unpaired) electrons. The van der Waals surface area contributed by atoms with Crippen LogP contribution in [-0.2, 0) is 16.1 Å². The molecular formula is C30H36Cl2N6O5. The minimum atomic E-state index is -0.321. The second kappa shape index (κ2) is 13.5. The van der Waals surface area contributed by atoms with Crippen LogP contribution < -0.4 is 25.7 Å². The predicted molar refractivity (Wildman–Crippen MR) is 168 cm³/mol. The molecule has 3 aromatic rings. The zero-order chi connectivity index (χ0) is 30.7. The van der Waals surface area contributed by atoms with E-state index in [1.165, 1.54) is 14.2 Å². The Morgan fingerprint density at radius 2 is 1.81 bits per heavy atom. The molecule has 13 heteroatoms. The molecule has 2 aliphatic heterocycles. The molecule has 4 heterocycles. The Hall–Kier alpha value is -3.38. The smallest absolute Gasteiger partial charge is 0.260 e. The molecule has 0 atom stereocenters. The summed E-state index contributed by atoms with van der Waals surface area (Å²) in [7, 11) is 2.97. The van der Waals surface area contributed by atoms with Gasteiger partial charge in [-0.25, -0.2) is 4.98 Å². The molecule has 43 heavy (non-hydrogen) atoms. The molecule has 11 nitrogen and oxygen atoms in total. The van der Waals surface area contributed by atoms with E-state index in [1.54, 1.807) is 33.9 Å². The highest BCUT2D eigenvalue weighted by molar-refractivity contribution is 6.41. The van der Waals surface area contributed by atoms with Gasteiger partial charge in [-0.1, -0.05) is 28.8 Å². The summed E-state index contributed by atoms with van der Waals surface area (Å²) in [6.45, 7) is 8.06. The quantitative estimate of drug-likeness (QED) is 0.286. The number of likely N-dealkylation sites (tertiary alicyclic amines) is 1. The Bertz CT molecular complexity index is 1570. The highest BCUT2D eigenvalue weighted by atomic mass is 35.5. The molecule has 0 aliphatic carbocycles. The van der Waals surface area contributed by atoms with E-state index < -0.39 is 0 Å². The Labute approximate surface area is 260 Å². The van der Waals surface area contributed by atoms with Gasteiger partial charge in [0.25, 0.3) is 5.56 Å². The van der Waals surface area contributed by atoms with E-state index in [-0.39, 0.29) is 33.1 Å². The number of carbonyl (C=O) groups is 1. The fraction of sp³-hybridized carbons (Fsp3) is 0.467. The van der Waals surface area contributed by atoms with Crippen LogP contribution in [0.1, 0.15) is 20.3 Å². The minimum Gasteiger partial charge on any atom is -0.495 e. The molecule has 2 aromatic heterocycles. The van der Waals surface area contributed by atoms with Crippen molar-refractivity contribution >= 4 is 46.1 Å². The number of hydrogen-bond donors (Lipinski definition) is 2. The standard InChI is InChI=1S/C30H36Cl2N6O5/c1-17(2)9-24(39)37-13-20(14-37)33-7-8-38-28-19(12-35-30(36-28)34-6-5-18-15-43-16-18)10-21(29(38)40)25-26(31)22(41-3)11-23(42-4)27(25)32/h9-12,18,20,33H,5-8,13-16H2,1-4H3,(H,34,35,36). The molecule has 2 fully saturated rings. The fourth-order valence-corrected chi connectivity index (χ4v) is 5.80. The third-order valence-corrected chi connectivity index (χ3v) is 8.34. The minimum absolute atomic E-state index is 0.0111. The van der Waals surface area contributed by atoms with Crippen LogP contribution in [0.2, 0.25) is 10.0 Å². The van der Waals surface area contributed by atoms with E-state index in [4.69, 9.17) is 42.4 Å². The lowest BCUT2D eigenvalue weighted by Gasteiger charge is -2.39. The van der Waals surface area contributed by atoms with Crippen molar-refractivity contribution in [1.29, 1.82) is 0 Å². The highest BCUT2D eigenvalue weighted by Crippen LogP contribution is 2.45. The number of rotatable bonds is 12. The highest BCUT2D eigenvalue weighted by Gasteiger charge is 2.29. The van der Waals surface area contributed by atoms with Crippen LogP contribution in [0.15, 0.2) is 34.8 Å². The summed E-state index contributed by atoms with van der Waals surface area (Å²) in [5.74, 6) is 1.64. The van der Waals surface area contributed by atoms with Crippen LogP contribution in [-0.4, -0.2) is 85.0 Å². The van der Waals surface area contributed by atoms with Gasteiger partial charge < -0.3 is 29.7 Å². The van der Waals surface area contributed by atoms with E-state index in [0.717, 1.165) is 25.2 Å². The first-order valence-electron chi connectivity index (χ1n) is 14.2. The van der Waals surface area contributed by atoms with Gasteiger partial charge in [-0.3, -0.25) is 14.2 Å². The number of pyridine rings is 1. The Balaban J connectivity index is 1.45. The maximum absolute atomic E-state index is 14.1. The van der Waals surface area contributed by atoms with Crippen LogP contribution in [0.25, 0.3) is 22.2 Å². The first kappa shape index (κ1) is 31.1. The van der Waals surface area contributed by atoms with E-state index in [1.807, 2.05) is 13.8 Å². The molecule has 0 saturated carbocycles. The maximum Gasteiger partial charge on any atom is 0.260 e. The van der Waals surface area contributed by atoms with Crippen molar-refractivity contribution in [2.24, 2.45) is 5.92 Å². The number of benzene rings is 1. The zero-order valence-corrected chi connectivity index (χ0v) is 26.2. The topological polar surface area (TPSA) is 120 Å². The molecule has 0 bridgehead atoms. The summed E-state index contributed by atoms with van der Waals surface area (Å²) < 4.78 is 17.7. The van der Waals surface area contributed by atoms with Gasteiger partial charge in [0.2, 0.25) is 11.9 Å². The lowest BCUT2D eigenvalue weighted by Crippen LogP contribution is -2.60. The van der Waals surface area contributed by atoms with E-state index >= 15 is 0 Å². The molecular weight excluding hydrogens is 595 g/mol. The second-order valence-corrected chi connectivity index (χ2v) is 11.8. The zero-order valence-electron chi connectivity index (χ0n) is 24.7. The van der Waals surface area contributed by atoms with Crippen molar-refractivity contribution in [2.75, 3.05) is 58.9 Å². The maximum atomic E-state index is 14.1. The summed E-state index contributed by atoms with van der Waals surface area (Å²) >= 11 is 13.4. The normalized spacial score (nSPS) is 15.2. The molecule has 5 rings (SSSR count). The van der Waals surface area contributed by atoms with Crippen molar-refractivity contribution < 1.29 is 19.0 Å².